The zero-order chi connectivity index (χ0) is 27.3. The van der Waals surface area contributed by atoms with Gasteiger partial charge >= 0.3 is 0 Å². The number of hydrogen-bond acceptors (Lipinski definition) is 8. The number of hydrogen-bond donors (Lipinski definition) is 2. The summed E-state index contributed by atoms with van der Waals surface area (Å²) < 4.78 is 28.3. The molecule has 0 unspecified atom stereocenters. The summed E-state index contributed by atoms with van der Waals surface area (Å²) in [6.45, 7) is 4.11. The highest BCUT2D eigenvalue weighted by Gasteiger charge is 2.33. The molecule has 0 saturated carbocycles. The average molecular weight is 573 g/mol. The minimum atomic E-state index is -3.59. The molecule has 0 spiro atoms. The molecule has 39 heavy (non-hydrogen) atoms. The number of nitrogens with one attached hydrogen (secondary N) is 1. The Kier molecular flexibility index (Phi) is 6.80. The van der Waals surface area contributed by atoms with E-state index in [-0.39, 0.29) is 29.2 Å². The number of benzene rings is 1. The molecule has 2 atom stereocenters. The van der Waals surface area contributed by atoms with Crippen LogP contribution in [0.25, 0.3) is 5.65 Å². The van der Waals surface area contributed by atoms with Crippen molar-refractivity contribution < 1.29 is 13.2 Å². The van der Waals surface area contributed by atoms with E-state index in [0.29, 0.717) is 11.6 Å². The van der Waals surface area contributed by atoms with Crippen LogP contribution >= 0.6 is 11.6 Å². The monoisotopic (exact) mass is 572 g/mol. The number of aromatic nitrogens is 3. The lowest BCUT2D eigenvalue weighted by Crippen LogP contribution is -2.39. The number of fused-ring (bicyclic) bond motifs is 1. The molecule has 3 aromatic rings. The molecular formula is C26H33ClN8O3S. The standard InChI is InChI=1S/C26H33ClN8O3S/c1-39(37,38)31-20-7-6-17(27)13-19(20)26(36)34-11-3-2-5-22(34)21-14-24-29-23(32-9-4-10-32)15-25(35(24)30-21)33-12-8-18(28)16-33/h6-7,13-15,18,22,31H,2-5,8-12,16,28H2,1H3/t18-,22-/m0/s1. The van der Waals surface area contributed by atoms with E-state index in [9.17, 15) is 13.2 Å². The fourth-order valence-corrected chi connectivity index (χ4v) is 6.42. The van der Waals surface area contributed by atoms with Gasteiger partial charge in [-0.25, -0.2) is 13.4 Å². The predicted octanol–water partition coefficient (Wildman–Crippen LogP) is 2.87. The molecule has 3 aliphatic rings. The Labute approximate surface area is 233 Å². The highest BCUT2D eigenvalue weighted by Crippen LogP contribution is 2.35. The van der Waals surface area contributed by atoms with E-state index in [1.54, 1.807) is 11.0 Å². The van der Waals surface area contributed by atoms with Crippen molar-refractivity contribution in [3.8, 4) is 0 Å². The lowest BCUT2D eigenvalue weighted by molar-refractivity contribution is 0.0607. The lowest BCUT2D eigenvalue weighted by Gasteiger charge is -2.35. The number of likely N-dealkylation sites (tertiary alicyclic amines) is 1. The van der Waals surface area contributed by atoms with E-state index in [0.717, 1.165) is 87.5 Å². The first-order valence-corrected chi connectivity index (χ1v) is 15.7. The fourth-order valence-electron chi connectivity index (χ4n) is 5.67. The first kappa shape index (κ1) is 26.1. The zero-order valence-electron chi connectivity index (χ0n) is 21.9. The van der Waals surface area contributed by atoms with Crippen molar-refractivity contribution in [2.24, 2.45) is 5.73 Å². The van der Waals surface area contributed by atoms with Gasteiger partial charge in [0.15, 0.2) is 5.65 Å². The van der Waals surface area contributed by atoms with Crippen molar-refractivity contribution in [2.45, 2.75) is 44.2 Å². The third-order valence-electron chi connectivity index (χ3n) is 7.75. The minimum Gasteiger partial charge on any atom is -0.356 e. The molecular weight excluding hydrogens is 540 g/mol. The van der Waals surface area contributed by atoms with Crippen LogP contribution in [0.4, 0.5) is 17.3 Å². The summed E-state index contributed by atoms with van der Waals surface area (Å²) >= 11 is 6.24. The Morgan fingerprint density at radius 3 is 2.56 bits per heavy atom. The van der Waals surface area contributed by atoms with Gasteiger partial charge in [0.1, 0.15) is 11.6 Å². The van der Waals surface area contributed by atoms with Crippen LogP contribution in [0, 0.1) is 0 Å². The molecule has 0 aliphatic carbocycles. The van der Waals surface area contributed by atoms with E-state index < -0.39 is 10.0 Å². The number of carbonyl (C=O) groups excluding carboxylic acids is 1. The van der Waals surface area contributed by atoms with Crippen molar-refractivity contribution in [2.75, 3.05) is 53.5 Å². The number of carbonyl (C=O) groups is 1. The molecule has 3 fully saturated rings. The number of piperidine rings is 1. The number of anilines is 3. The van der Waals surface area contributed by atoms with E-state index in [1.807, 2.05) is 10.6 Å². The van der Waals surface area contributed by atoms with Gasteiger partial charge in [-0.3, -0.25) is 9.52 Å². The summed E-state index contributed by atoms with van der Waals surface area (Å²) in [6, 6.07) is 8.52. The van der Waals surface area contributed by atoms with Gasteiger partial charge in [-0.2, -0.15) is 9.61 Å². The van der Waals surface area contributed by atoms with Gasteiger partial charge in [0.05, 0.1) is 29.2 Å². The van der Waals surface area contributed by atoms with Crippen LogP contribution in [-0.4, -0.2) is 78.8 Å². The number of rotatable bonds is 6. The number of halogens is 1. The highest BCUT2D eigenvalue weighted by atomic mass is 35.5. The molecule has 3 aliphatic heterocycles. The predicted molar refractivity (Wildman–Crippen MR) is 152 cm³/mol. The maximum atomic E-state index is 13.9. The quantitative estimate of drug-likeness (QED) is 0.461. The van der Waals surface area contributed by atoms with Gasteiger partial charge in [-0.1, -0.05) is 11.6 Å². The Hall–Kier alpha value is -3.09. The van der Waals surface area contributed by atoms with Crippen LogP contribution in [0.3, 0.4) is 0 Å². The molecule has 0 radical (unpaired) electrons. The van der Waals surface area contributed by atoms with Crippen LogP contribution in [0.5, 0.6) is 0 Å². The molecule has 1 aromatic carbocycles. The summed E-state index contributed by atoms with van der Waals surface area (Å²) in [5.74, 6) is 1.61. The summed E-state index contributed by atoms with van der Waals surface area (Å²) in [5, 5.41) is 5.35. The molecule has 6 rings (SSSR count). The summed E-state index contributed by atoms with van der Waals surface area (Å²) in [6.07, 6.45) is 5.67. The van der Waals surface area contributed by atoms with E-state index in [2.05, 4.69) is 20.6 Å². The number of amides is 1. The van der Waals surface area contributed by atoms with Gasteiger partial charge < -0.3 is 20.4 Å². The smallest absolute Gasteiger partial charge is 0.256 e. The number of nitrogens with zero attached hydrogens (tertiary/aromatic N) is 6. The Morgan fingerprint density at radius 1 is 1.05 bits per heavy atom. The van der Waals surface area contributed by atoms with Crippen molar-refractivity contribution >= 4 is 50.5 Å². The van der Waals surface area contributed by atoms with E-state index in [1.165, 1.54) is 12.1 Å². The highest BCUT2D eigenvalue weighted by molar-refractivity contribution is 7.92. The third-order valence-corrected chi connectivity index (χ3v) is 8.58. The van der Waals surface area contributed by atoms with Crippen molar-refractivity contribution in [3.05, 3.63) is 46.6 Å². The number of nitrogens with two attached hydrogens (primary N) is 1. The molecule has 13 heteroatoms. The van der Waals surface area contributed by atoms with E-state index in [4.69, 9.17) is 27.4 Å². The van der Waals surface area contributed by atoms with Crippen LogP contribution in [-0.2, 0) is 10.0 Å². The second kappa shape index (κ2) is 10.1. The van der Waals surface area contributed by atoms with Crippen LogP contribution in [0.15, 0.2) is 30.3 Å². The lowest BCUT2D eigenvalue weighted by atomic mass is 9.98. The summed E-state index contributed by atoms with van der Waals surface area (Å²) in [7, 11) is -3.59. The van der Waals surface area contributed by atoms with Crippen molar-refractivity contribution in [1.29, 1.82) is 0 Å². The van der Waals surface area contributed by atoms with Crippen LogP contribution in [0.1, 0.15) is 54.2 Å². The largest absolute Gasteiger partial charge is 0.356 e. The SMILES string of the molecule is CS(=O)(=O)Nc1ccc(Cl)cc1C(=O)N1CCCC[C@H]1c1cc2nc(N3CCC3)cc(N3CC[C@H](N)C3)n2n1. The van der Waals surface area contributed by atoms with Crippen molar-refractivity contribution in [3.63, 3.8) is 0 Å². The van der Waals surface area contributed by atoms with Gasteiger partial charge in [0, 0.05) is 55.9 Å². The topological polar surface area (TPSA) is 129 Å². The fraction of sp³-hybridized carbons (Fsp3) is 0.500. The Balaban J connectivity index is 1.39. The summed E-state index contributed by atoms with van der Waals surface area (Å²) in [5.41, 5.74) is 8.17. The first-order valence-electron chi connectivity index (χ1n) is 13.4. The van der Waals surface area contributed by atoms with Crippen LogP contribution in [0.2, 0.25) is 5.02 Å². The zero-order valence-corrected chi connectivity index (χ0v) is 23.5. The van der Waals surface area contributed by atoms with Gasteiger partial charge in [0.25, 0.3) is 5.91 Å². The third kappa shape index (κ3) is 5.24. The molecule has 3 saturated heterocycles. The normalized spacial score (nSPS) is 21.9. The van der Waals surface area contributed by atoms with Crippen LogP contribution < -0.4 is 20.3 Å². The molecule has 1 amide bonds. The Bertz CT molecular complexity index is 1520. The molecule has 208 valence electrons. The maximum Gasteiger partial charge on any atom is 0.256 e. The van der Waals surface area contributed by atoms with Gasteiger partial charge in [-0.05, 0) is 50.3 Å². The Morgan fingerprint density at radius 2 is 1.87 bits per heavy atom. The summed E-state index contributed by atoms with van der Waals surface area (Å²) in [4.78, 5) is 25.1. The molecule has 5 heterocycles. The molecule has 2 aromatic heterocycles. The van der Waals surface area contributed by atoms with E-state index >= 15 is 0 Å². The minimum absolute atomic E-state index is 0.120. The second-order valence-electron chi connectivity index (χ2n) is 10.7. The maximum absolute atomic E-state index is 13.9. The number of sulfonamides is 1. The van der Waals surface area contributed by atoms with Gasteiger partial charge in [-0.15, -0.1) is 0 Å². The molecule has 0 bridgehead atoms. The first-order chi connectivity index (χ1) is 18.7. The molecule has 3 N–H and O–H groups in total. The average Bonchev–Trinajstić information content (AvgIpc) is 3.48. The van der Waals surface area contributed by atoms with Crippen molar-refractivity contribution in [1.82, 2.24) is 19.5 Å². The second-order valence-corrected chi connectivity index (χ2v) is 12.9. The van der Waals surface area contributed by atoms with Gasteiger partial charge in [0.2, 0.25) is 10.0 Å². The molecule has 11 nitrogen and oxygen atoms in total.